The molecule has 1 fully saturated rings. The van der Waals surface area contributed by atoms with Gasteiger partial charge in [-0.2, -0.15) is 0 Å². The lowest BCUT2D eigenvalue weighted by Gasteiger charge is -2.22. The highest BCUT2D eigenvalue weighted by Gasteiger charge is 2.35. The maximum atomic E-state index is 16.3. The number of hydrogen-bond donors (Lipinski definition) is 0. The number of allylic oxidation sites excluding steroid dienone is 3. The Kier molecular flexibility index (Phi) is 6.70. The second kappa shape index (κ2) is 9.28. The van der Waals surface area contributed by atoms with E-state index in [1.807, 2.05) is 4.48 Å². The van der Waals surface area contributed by atoms with E-state index in [4.69, 9.17) is 4.90 Å². The number of benzene rings is 1. The maximum Gasteiger partial charge on any atom is 0.611 e. The third-order valence-electron chi connectivity index (χ3n) is 7.89. The van der Waals surface area contributed by atoms with E-state index in [0.29, 0.717) is 0 Å². The molecule has 33 heavy (non-hydrogen) atoms. The van der Waals surface area contributed by atoms with Crippen molar-refractivity contribution >= 4 is 63.7 Å². The van der Waals surface area contributed by atoms with Crippen molar-refractivity contribution in [1.29, 1.82) is 0 Å². The Morgan fingerprint density at radius 1 is 0.848 bits per heavy atom. The van der Waals surface area contributed by atoms with Gasteiger partial charge in [0.05, 0.1) is 0 Å². The molecule has 1 saturated carbocycles. The number of halogens is 3. The quantitative estimate of drug-likeness (QED) is 0.216. The van der Waals surface area contributed by atoms with Crippen LogP contribution in [0.25, 0.3) is 5.57 Å². The summed E-state index contributed by atoms with van der Waals surface area (Å²) in [6.45, 7) is 8.87. The van der Waals surface area contributed by atoms with E-state index >= 15 is 4.32 Å². The van der Waals surface area contributed by atoms with E-state index in [0.717, 1.165) is 56.4 Å². The molecule has 0 atom stereocenters. The summed E-state index contributed by atoms with van der Waals surface area (Å²) in [6.07, 6.45) is 8.43. The van der Waals surface area contributed by atoms with Crippen LogP contribution in [0.3, 0.4) is 0 Å². The molecule has 2 aromatic rings. The van der Waals surface area contributed by atoms with Crippen LogP contribution in [-0.2, 0) is 12.8 Å². The van der Waals surface area contributed by atoms with Crippen molar-refractivity contribution in [2.24, 2.45) is 4.90 Å². The van der Waals surface area contributed by atoms with Gasteiger partial charge >= 0.3 is 7.26 Å². The molecular formula is C27H30BFI2N2. The second-order valence-electron chi connectivity index (χ2n) is 9.74. The second-order valence-corrected chi connectivity index (χ2v) is 12.1. The summed E-state index contributed by atoms with van der Waals surface area (Å²) in [4.78, 5) is 4.77. The highest BCUT2D eigenvalue weighted by Crippen LogP contribution is 2.42. The number of fused-ring (bicyclic) bond motifs is 4. The summed E-state index contributed by atoms with van der Waals surface area (Å²) < 4.78 is 20.7. The topological polar surface area (TPSA) is 17.3 Å². The van der Waals surface area contributed by atoms with E-state index in [-0.39, 0.29) is 0 Å². The van der Waals surface area contributed by atoms with Gasteiger partial charge in [0.2, 0.25) is 0 Å². The van der Waals surface area contributed by atoms with Crippen molar-refractivity contribution in [3.63, 3.8) is 0 Å². The van der Waals surface area contributed by atoms with Gasteiger partial charge in [0.1, 0.15) is 0 Å². The summed E-state index contributed by atoms with van der Waals surface area (Å²) >= 11 is 4.89. The molecule has 0 N–H and O–H groups in total. The molecular weight excluding hydrogens is 636 g/mol. The van der Waals surface area contributed by atoms with Crippen LogP contribution < -0.4 is 0 Å². The highest BCUT2D eigenvalue weighted by molar-refractivity contribution is 14.1. The van der Waals surface area contributed by atoms with Crippen molar-refractivity contribution < 1.29 is 4.32 Å². The van der Waals surface area contributed by atoms with E-state index in [1.54, 1.807) is 0 Å². The Labute approximate surface area is 224 Å². The van der Waals surface area contributed by atoms with Crippen molar-refractivity contribution in [2.45, 2.75) is 79.1 Å². The summed E-state index contributed by atoms with van der Waals surface area (Å²) in [5, 5.41) is 0. The predicted octanol–water partition coefficient (Wildman–Crippen LogP) is 8.16. The molecule has 0 spiro atoms. The van der Waals surface area contributed by atoms with Crippen LogP contribution in [-0.4, -0.2) is 17.4 Å². The van der Waals surface area contributed by atoms with Gasteiger partial charge in [-0.15, -0.1) is 0 Å². The van der Waals surface area contributed by atoms with Crippen LogP contribution in [0.1, 0.15) is 86.0 Å². The van der Waals surface area contributed by atoms with Crippen LogP contribution >= 0.6 is 45.2 Å². The molecule has 2 heterocycles. The average molecular weight is 666 g/mol. The molecule has 3 aliphatic rings. The first-order valence-corrected chi connectivity index (χ1v) is 14.3. The summed E-state index contributed by atoms with van der Waals surface area (Å²) in [6, 6.07) is 4.58. The van der Waals surface area contributed by atoms with Crippen LogP contribution in [0, 0.1) is 21.0 Å². The van der Waals surface area contributed by atoms with E-state index in [2.05, 4.69) is 85.0 Å². The lowest BCUT2D eigenvalue weighted by molar-refractivity contribution is 0.657. The molecule has 0 bridgehead atoms. The van der Waals surface area contributed by atoms with E-state index in [1.165, 1.54) is 63.8 Å². The third-order valence-corrected chi connectivity index (χ3v) is 10.1. The smallest absolute Gasteiger partial charge is 0.337 e. The zero-order valence-corrected chi connectivity index (χ0v) is 24.2. The van der Waals surface area contributed by atoms with Crippen molar-refractivity contribution in [3.05, 3.63) is 69.6 Å². The fourth-order valence-corrected chi connectivity index (χ4v) is 7.69. The number of aromatic nitrogens is 1. The van der Waals surface area contributed by atoms with Gasteiger partial charge in [-0.3, -0.25) is 9.22 Å². The van der Waals surface area contributed by atoms with E-state index < -0.39 is 7.26 Å². The Balaban J connectivity index is 1.91. The first-order valence-electron chi connectivity index (χ1n) is 12.1. The van der Waals surface area contributed by atoms with Crippen LogP contribution in [0.2, 0.25) is 0 Å². The van der Waals surface area contributed by atoms with Gasteiger partial charge in [-0.1, -0.05) is 0 Å². The van der Waals surface area contributed by atoms with Gasteiger partial charge in [-0.25, -0.2) is 0 Å². The Bertz CT molecular complexity index is 1230. The lowest BCUT2D eigenvalue weighted by atomic mass is 9.84. The summed E-state index contributed by atoms with van der Waals surface area (Å²) in [7, 11) is -1.36. The Hall–Kier alpha value is -0.895. The van der Waals surface area contributed by atoms with Gasteiger partial charge in [0, 0.05) is 29.8 Å². The molecule has 1 aromatic carbocycles. The monoisotopic (exact) mass is 666 g/mol. The molecule has 172 valence electrons. The van der Waals surface area contributed by atoms with Crippen molar-refractivity contribution in [1.82, 2.24) is 4.48 Å². The minimum absolute atomic E-state index is 0.883. The normalized spacial score (nSPS) is 18.9. The lowest BCUT2D eigenvalue weighted by Crippen LogP contribution is -2.25. The average Bonchev–Trinajstić information content (AvgIpc) is 3.10. The molecule has 5 rings (SSSR count). The molecule has 0 saturated heterocycles. The standard InChI is InChI=1S/C27H30BFI2N2/c1-15-16(2)26(19-13-22(30)18(4)23(31)14-19)27-17(3)21-10-6-8-12-25(21)33(27)28(29)32-24-11-7-5-9-20(15)24/h13-14H,5-12H2,1-4H3. The summed E-state index contributed by atoms with van der Waals surface area (Å²) in [5.41, 5.74) is 13.3. The largest absolute Gasteiger partial charge is 0.611 e. The van der Waals surface area contributed by atoms with Gasteiger partial charge in [0.15, 0.2) is 0 Å². The molecule has 1 aliphatic heterocycles. The third kappa shape index (κ3) is 4.01. The predicted molar refractivity (Wildman–Crippen MR) is 155 cm³/mol. The minimum Gasteiger partial charge on any atom is -0.337 e. The molecule has 0 amide bonds. The number of nitrogens with zero attached hydrogens (tertiary/aromatic N) is 2. The Morgan fingerprint density at radius 2 is 1.48 bits per heavy atom. The molecule has 2 aliphatic carbocycles. The van der Waals surface area contributed by atoms with E-state index in [9.17, 15) is 0 Å². The molecule has 0 radical (unpaired) electrons. The van der Waals surface area contributed by atoms with Crippen molar-refractivity contribution in [2.75, 3.05) is 0 Å². The number of hydrogen-bond acceptors (Lipinski definition) is 1. The van der Waals surface area contributed by atoms with Crippen LogP contribution in [0.4, 0.5) is 4.32 Å². The SMILES string of the molecule is CC1=C2CCCCC2=NB(F)n2c3c(c(C)c2C(c2cc(I)c(C)c(I)c2)=C1C)CCCC3. The fourth-order valence-electron chi connectivity index (χ4n) is 5.92. The first kappa shape index (κ1) is 23.8. The Morgan fingerprint density at radius 3 is 2.21 bits per heavy atom. The van der Waals surface area contributed by atoms with Gasteiger partial charge in [0.25, 0.3) is 0 Å². The fraction of sp³-hybridized carbons (Fsp3) is 0.444. The maximum absolute atomic E-state index is 16.3. The first-order chi connectivity index (χ1) is 15.8. The van der Waals surface area contributed by atoms with Gasteiger partial charge in [-0.05, 0) is 175 Å². The number of rotatable bonds is 1. The molecule has 1 aromatic heterocycles. The van der Waals surface area contributed by atoms with Crippen molar-refractivity contribution in [3.8, 4) is 0 Å². The highest BCUT2D eigenvalue weighted by atomic mass is 127. The van der Waals surface area contributed by atoms with Crippen LogP contribution in [0.5, 0.6) is 0 Å². The minimum atomic E-state index is -1.36. The zero-order chi connectivity index (χ0) is 23.4. The van der Waals surface area contributed by atoms with Crippen LogP contribution in [0.15, 0.2) is 33.8 Å². The molecule has 0 unspecified atom stereocenters. The summed E-state index contributed by atoms with van der Waals surface area (Å²) in [5.74, 6) is 0. The molecule has 6 heteroatoms. The van der Waals surface area contributed by atoms with Gasteiger partial charge < -0.3 is 4.48 Å². The zero-order valence-electron chi connectivity index (χ0n) is 19.9. The molecule has 2 nitrogen and oxygen atoms in total.